The summed E-state index contributed by atoms with van der Waals surface area (Å²) in [5, 5.41) is 6.76. The van der Waals surface area contributed by atoms with Crippen molar-refractivity contribution in [3.05, 3.63) is 71.4 Å². The molecule has 1 saturated heterocycles. The zero-order valence-electron chi connectivity index (χ0n) is 34.4. The van der Waals surface area contributed by atoms with Gasteiger partial charge in [-0.05, 0) is 102 Å². The lowest BCUT2D eigenvalue weighted by molar-refractivity contribution is -0.141. The van der Waals surface area contributed by atoms with Gasteiger partial charge in [0.15, 0.2) is 0 Å². The number of sulfonamides is 1. The summed E-state index contributed by atoms with van der Waals surface area (Å²) in [6.45, 7) is 3.58. The fourth-order valence-corrected chi connectivity index (χ4v) is 10.5. The molecule has 60 heavy (non-hydrogen) atoms. The van der Waals surface area contributed by atoms with Crippen LogP contribution in [0.25, 0.3) is 10.9 Å². The standard InChI is InChI=1S/C45H53N5O9S/c1-27-11-15-30(16-12-27)58-42(54)47-34-10-8-6-4-5-7-9-29-24-45(29,41(53)49-60(55,56)43(2)21-22-43)48-39(51)36-25-44(26-50(36)40(34)52)20-19-33-32-18-17-31(57-3)23-35(32)46-37(28-13-14-28)38(33)59-44/h7,9,11-12,15-18,23,28-29,34,36H,4-6,8,10,13-14,19-22,24-26H2,1-3H3,(H,47,54)(H,48,51)(H,49,53)/b9-7-/t29-,34+,36+,44-,45-/m1/s1. The average Bonchev–Trinajstić information content (AvgIpc) is 4.16. The van der Waals surface area contributed by atoms with Crippen LogP contribution in [0, 0.1) is 12.8 Å². The zero-order chi connectivity index (χ0) is 42.0. The molecule has 318 valence electrons. The van der Waals surface area contributed by atoms with Gasteiger partial charge in [-0.25, -0.2) is 18.2 Å². The van der Waals surface area contributed by atoms with E-state index in [1.807, 2.05) is 49.4 Å². The van der Waals surface area contributed by atoms with E-state index in [-0.39, 0.29) is 25.3 Å². The van der Waals surface area contributed by atoms with Crippen molar-refractivity contribution in [2.45, 2.75) is 131 Å². The molecule has 3 saturated carbocycles. The van der Waals surface area contributed by atoms with Crippen LogP contribution in [-0.4, -0.2) is 83.7 Å². The third kappa shape index (κ3) is 7.58. The van der Waals surface area contributed by atoms with E-state index >= 15 is 0 Å². The Morgan fingerprint density at radius 3 is 2.48 bits per heavy atom. The Bertz CT molecular complexity index is 2390. The number of nitrogens with one attached hydrogen (secondary N) is 3. The van der Waals surface area contributed by atoms with Gasteiger partial charge in [-0.15, -0.1) is 0 Å². The summed E-state index contributed by atoms with van der Waals surface area (Å²) in [5.74, 6) is -0.312. The summed E-state index contributed by atoms with van der Waals surface area (Å²) < 4.78 is 46.1. The molecule has 14 nitrogen and oxygen atoms in total. The van der Waals surface area contributed by atoms with Crippen molar-refractivity contribution >= 4 is 44.7 Å². The number of pyridine rings is 1. The molecule has 2 aromatic carbocycles. The number of methoxy groups -OCH3 is 1. The molecule has 0 radical (unpaired) electrons. The number of fused-ring (bicyclic) bond motifs is 5. The number of carbonyl (C=O) groups is 4. The molecule has 5 atom stereocenters. The molecule has 4 fully saturated rings. The maximum atomic E-state index is 15.0. The molecule has 15 heteroatoms. The van der Waals surface area contributed by atoms with E-state index < -0.39 is 67.7 Å². The smallest absolute Gasteiger partial charge is 0.413 e. The Morgan fingerprint density at radius 2 is 1.75 bits per heavy atom. The molecule has 0 unspecified atom stereocenters. The molecular formula is C45H53N5O9S. The quantitative estimate of drug-likeness (QED) is 0.252. The first-order chi connectivity index (χ1) is 28.7. The molecule has 4 heterocycles. The van der Waals surface area contributed by atoms with Crippen molar-refractivity contribution in [2.24, 2.45) is 5.92 Å². The van der Waals surface area contributed by atoms with Gasteiger partial charge in [0.05, 0.1) is 29.6 Å². The van der Waals surface area contributed by atoms with Crippen LogP contribution in [-0.2, 0) is 30.8 Å². The normalized spacial score (nSPS) is 29.1. The minimum atomic E-state index is -4.00. The topological polar surface area (TPSA) is 182 Å². The van der Waals surface area contributed by atoms with E-state index in [9.17, 15) is 27.6 Å². The SMILES string of the molecule is COc1ccc2c3c(c(C4CC4)nc2c1)O[C@]1(CC3)C[C@H]2C(=O)N[C@]3(C(=O)NS(=O)(=O)C4(C)CC4)C[C@H]3/C=C\CCCCC[C@H](NC(=O)Oc3ccc(C)cc3)C(=O)N2C1. The second-order valence-electron chi connectivity index (χ2n) is 18.1. The Morgan fingerprint density at radius 1 is 0.983 bits per heavy atom. The lowest BCUT2D eigenvalue weighted by Gasteiger charge is -2.37. The minimum absolute atomic E-state index is 0.0502. The maximum Gasteiger partial charge on any atom is 0.413 e. The van der Waals surface area contributed by atoms with E-state index in [4.69, 9.17) is 19.2 Å². The van der Waals surface area contributed by atoms with Crippen molar-refractivity contribution in [1.29, 1.82) is 0 Å². The van der Waals surface area contributed by atoms with Crippen molar-refractivity contribution in [3.8, 4) is 17.2 Å². The summed E-state index contributed by atoms with van der Waals surface area (Å²) >= 11 is 0. The van der Waals surface area contributed by atoms with Gasteiger partial charge in [-0.1, -0.05) is 42.7 Å². The largest absolute Gasteiger partial charge is 0.497 e. The third-order valence-electron chi connectivity index (χ3n) is 13.5. The summed E-state index contributed by atoms with van der Waals surface area (Å²) in [7, 11) is -2.38. The highest BCUT2D eigenvalue weighted by Crippen LogP contribution is 2.52. The van der Waals surface area contributed by atoms with Gasteiger partial charge >= 0.3 is 6.09 Å². The van der Waals surface area contributed by atoms with Gasteiger partial charge in [0.2, 0.25) is 21.8 Å². The predicted octanol–water partition coefficient (Wildman–Crippen LogP) is 5.64. The molecule has 6 aliphatic rings. The number of hydrogen-bond donors (Lipinski definition) is 3. The monoisotopic (exact) mass is 839 g/mol. The van der Waals surface area contributed by atoms with Crippen molar-refractivity contribution in [2.75, 3.05) is 13.7 Å². The van der Waals surface area contributed by atoms with Crippen LogP contribution in [0.5, 0.6) is 17.2 Å². The van der Waals surface area contributed by atoms with Gasteiger partial charge in [0.25, 0.3) is 5.91 Å². The maximum absolute atomic E-state index is 15.0. The Hall–Kier alpha value is -5.18. The van der Waals surface area contributed by atoms with E-state index in [1.54, 1.807) is 26.2 Å². The second-order valence-corrected chi connectivity index (χ2v) is 20.3. The molecule has 3 aliphatic carbocycles. The van der Waals surface area contributed by atoms with Crippen LogP contribution in [0.2, 0.25) is 0 Å². The molecule has 0 bridgehead atoms. The number of ether oxygens (including phenoxy) is 3. The van der Waals surface area contributed by atoms with Crippen LogP contribution in [0.1, 0.15) is 107 Å². The first-order valence-corrected chi connectivity index (χ1v) is 22.8. The van der Waals surface area contributed by atoms with Gasteiger partial charge in [-0.2, -0.15) is 0 Å². The third-order valence-corrected chi connectivity index (χ3v) is 15.7. The predicted molar refractivity (Wildman–Crippen MR) is 222 cm³/mol. The lowest BCUT2D eigenvalue weighted by Crippen LogP contribution is -2.58. The van der Waals surface area contributed by atoms with Gasteiger partial charge < -0.3 is 29.7 Å². The van der Waals surface area contributed by atoms with E-state index in [1.165, 1.54) is 4.90 Å². The molecular weight excluding hydrogens is 787 g/mol. The molecule has 1 spiro atoms. The summed E-state index contributed by atoms with van der Waals surface area (Å²) in [5.41, 5.74) is 1.20. The summed E-state index contributed by atoms with van der Waals surface area (Å²) in [6, 6.07) is 10.7. The van der Waals surface area contributed by atoms with Gasteiger partial charge in [0.1, 0.15) is 40.5 Å². The van der Waals surface area contributed by atoms with Crippen molar-refractivity contribution in [3.63, 3.8) is 0 Å². The van der Waals surface area contributed by atoms with E-state index in [0.717, 1.165) is 53.4 Å². The number of benzene rings is 2. The second kappa shape index (κ2) is 15.1. The van der Waals surface area contributed by atoms with Crippen molar-refractivity contribution < 1.29 is 41.8 Å². The fraction of sp³-hybridized carbons (Fsp3) is 0.533. The number of amides is 4. The summed E-state index contributed by atoms with van der Waals surface area (Å²) in [6.07, 6.45) is 10.5. The minimum Gasteiger partial charge on any atom is -0.497 e. The molecule has 1 aromatic heterocycles. The average molecular weight is 840 g/mol. The molecule has 4 amide bonds. The number of rotatable bonds is 7. The van der Waals surface area contributed by atoms with Gasteiger partial charge in [0, 0.05) is 35.3 Å². The van der Waals surface area contributed by atoms with E-state index in [2.05, 4.69) is 15.4 Å². The van der Waals surface area contributed by atoms with Crippen LogP contribution in [0.4, 0.5) is 4.79 Å². The number of hydrogen-bond acceptors (Lipinski definition) is 10. The van der Waals surface area contributed by atoms with Crippen LogP contribution in [0.3, 0.4) is 0 Å². The number of nitrogens with zero attached hydrogens (tertiary/aromatic N) is 2. The van der Waals surface area contributed by atoms with E-state index in [0.29, 0.717) is 62.2 Å². The highest BCUT2D eigenvalue weighted by atomic mass is 32.2. The molecule has 3 aromatic rings. The van der Waals surface area contributed by atoms with Crippen LogP contribution >= 0.6 is 0 Å². The molecule has 9 rings (SSSR count). The first kappa shape index (κ1) is 40.2. The number of aromatic nitrogens is 1. The molecule has 3 N–H and O–H groups in total. The Kier molecular flexibility index (Phi) is 10.1. The Balaban J connectivity index is 1.06. The molecule has 3 aliphatic heterocycles. The number of aryl methyl sites for hydroxylation is 2. The first-order valence-electron chi connectivity index (χ1n) is 21.3. The number of allylic oxidation sites excluding steroid dienone is 1. The number of carbonyl (C=O) groups excluding carboxylic acids is 4. The Labute approximate surface area is 350 Å². The lowest BCUT2D eigenvalue weighted by atomic mass is 9.86. The zero-order valence-corrected chi connectivity index (χ0v) is 35.2. The van der Waals surface area contributed by atoms with Crippen molar-refractivity contribution in [1.82, 2.24) is 25.2 Å². The van der Waals surface area contributed by atoms with Gasteiger partial charge in [-0.3, -0.25) is 19.1 Å². The van der Waals surface area contributed by atoms with Crippen LogP contribution < -0.4 is 29.6 Å². The van der Waals surface area contributed by atoms with Crippen LogP contribution in [0.15, 0.2) is 54.6 Å². The fourth-order valence-electron chi connectivity index (χ4n) is 9.18. The highest BCUT2D eigenvalue weighted by molar-refractivity contribution is 7.91. The summed E-state index contributed by atoms with van der Waals surface area (Å²) in [4.78, 5) is 63.9. The highest BCUT2D eigenvalue weighted by Gasteiger charge is 2.64.